The first-order chi connectivity index (χ1) is 8.49. The zero-order valence-electron chi connectivity index (χ0n) is 12.4. The molecule has 0 saturated heterocycles. The van der Waals surface area contributed by atoms with Gasteiger partial charge < -0.3 is 10.4 Å². The highest BCUT2D eigenvalue weighted by atomic mass is 16.3. The second kappa shape index (κ2) is 6.91. The molecule has 2 unspecified atom stereocenters. The van der Waals surface area contributed by atoms with Gasteiger partial charge in [-0.25, -0.2) is 0 Å². The Morgan fingerprint density at radius 3 is 2.17 bits per heavy atom. The summed E-state index contributed by atoms with van der Waals surface area (Å²) in [5, 5.41) is 12.7. The Morgan fingerprint density at radius 1 is 1.17 bits per heavy atom. The van der Waals surface area contributed by atoms with E-state index in [1.165, 1.54) is 22.3 Å². The van der Waals surface area contributed by atoms with Gasteiger partial charge in [0.25, 0.3) is 0 Å². The molecule has 1 aromatic rings. The molecule has 1 aromatic carbocycles. The number of benzene rings is 1. The van der Waals surface area contributed by atoms with Gasteiger partial charge in [-0.1, -0.05) is 24.6 Å². The van der Waals surface area contributed by atoms with E-state index >= 15 is 0 Å². The van der Waals surface area contributed by atoms with E-state index in [2.05, 4.69) is 52.1 Å². The van der Waals surface area contributed by atoms with Crippen molar-refractivity contribution in [3.63, 3.8) is 0 Å². The zero-order chi connectivity index (χ0) is 13.7. The molecule has 0 fully saturated rings. The standard InChI is InChI=1S/C16H27NO/c1-6-15(7-8-18)17-14(5)16-12(3)9-11(2)10-13(16)4/h9-10,14-15,17-18H,6-8H2,1-5H3. The highest BCUT2D eigenvalue weighted by molar-refractivity contribution is 5.39. The van der Waals surface area contributed by atoms with Crippen LogP contribution < -0.4 is 5.32 Å². The lowest BCUT2D eigenvalue weighted by Crippen LogP contribution is -2.32. The maximum atomic E-state index is 9.06. The van der Waals surface area contributed by atoms with Gasteiger partial charge in [0, 0.05) is 18.7 Å². The molecule has 2 atom stereocenters. The summed E-state index contributed by atoms with van der Waals surface area (Å²) in [4.78, 5) is 0. The second-order valence-electron chi connectivity index (χ2n) is 5.32. The molecule has 0 aliphatic heterocycles. The van der Waals surface area contributed by atoms with Crippen molar-refractivity contribution in [2.75, 3.05) is 6.61 Å². The summed E-state index contributed by atoms with van der Waals surface area (Å²) in [6.45, 7) is 11.1. The minimum absolute atomic E-state index is 0.254. The first kappa shape index (κ1) is 15.2. The number of aliphatic hydroxyl groups is 1. The maximum Gasteiger partial charge on any atom is 0.0445 e. The molecule has 0 radical (unpaired) electrons. The van der Waals surface area contributed by atoms with Gasteiger partial charge in [0.2, 0.25) is 0 Å². The third-order valence-electron chi connectivity index (χ3n) is 3.63. The predicted octanol–water partition coefficient (Wildman–Crippen LogP) is 3.42. The Hall–Kier alpha value is -0.860. The molecular weight excluding hydrogens is 222 g/mol. The third kappa shape index (κ3) is 3.82. The number of aryl methyl sites for hydroxylation is 3. The zero-order valence-corrected chi connectivity index (χ0v) is 12.4. The fourth-order valence-electron chi connectivity index (χ4n) is 2.87. The van der Waals surface area contributed by atoms with Crippen molar-refractivity contribution < 1.29 is 5.11 Å². The molecular formula is C16H27NO. The maximum absolute atomic E-state index is 9.06. The van der Waals surface area contributed by atoms with Crippen LogP contribution in [0, 0.1) is 20.8 Å². The van der Waals surface area contributed by atoms with Crippen LogP contribution in [0.4, 0.5) is 0 Å². The number of hydrogen-bond acceptors (Lipinski definition) is 2. The van der Waals surface area contributed by atoms with Gasteiger partial charge >= 0.3 is 0 Å². The van der Waals surface area contributed by atoms with Crippen molar-refractivity contribution in [3.05, 3.63) is 34.4 Å². The van der Waals surface area contributed by atoms with Gasteiger partial charge in [-0.05, 0) is 57.2 Å². The summed E-state index contributed by atoms with van der Waals surface area (Å²) in [6.07, 6.45) is 1.87. The number of aliphatic hydroxyl groups excluding tert-OH is 1. The van der Waals surface area contributed by atoms with Crippen LogP contribution in [0.15, 0.2) is 12.1 Å². The first-order valence-electron chi connectivity index (χ1n) is 6.94. The van der Waals surface area contributed by atoms with Crippen LogP contribution in [0.3, 0.4) is 0 Å². The molecule has 2 heteroatoms. The SMILES string of the molecule is CCC(CCO)NC(C)c1c(C)cc(C)cc1C. The Morgan fingerprint density at radius 2 is 1.72 bits per heavy atom. The molecule has 0 amide bonds. The van der Waals surface area contributed by atoms with E-state index in [1.807, 2.05) is 0 Å². The van der Waals surface area contributed by atoms with Gasteiger partial charge in [0.1, 0.15) is 0 Å². The van der Waals surface area contributed by atoms with Gasteiger partial charge in [0.05, 0.1) is 0 Å². The van der Waals surface area contributed by atoms with Crippen LogP contribution >= 0.6 is 0 Å². The monoisotopic (exact) mass is 249 g/mol. The molecule has 0 aromatic heterocycles. The normalized spacial score (nSPS) is 14.6. The summed E-state index contributed by atoms with van der Waals surface area (Å²) in [6, 6.07) is 5.22. The van der Waals surface area contributed by atoms with E-state index in [-0.39, 0.29) is 6.61 Å². The van der Waals surface area contributed by atoms with E-state index in [1.54, 1.807) is 0 Å². The highest BCUT2D eigenvalue weighted by Gasteiger charge is 2.15. The van der Waals surface area contributed by atoms with Gasteiger partial charge in [-0.2, -0.15) is 0 Å². The van der Waals surface area contributed by atoms with Crippen LogP contribution in [0.25, 0.3) is 0 Å². The highest BCUT2D eigenvalue weighted by Crippen LogP contribution is 2.24. The Labute approximate surface area is 111 Å². The molecule has 0 aliphatic rings. The molecule has 0 bridgehead atoms. The van der Waals surface area contributed by atoms with E-state index < -0.39 is 0 Å². The molecule has 0 spiro atoms. The summed E-state index contributed by atoms with van der Waals surface area (Å²) in [5.74, 6) is 0. The smallest absolute Gasteiger partial charge is 0.0445 e. The molecule has 102 valence electrons. The summed E-state index contributed by atoms with van der Waals surface area (Å²) < 4.78 is 0. The molecule has 2 nitrogen and oxygen atoms in total. The Bertz CT molecular complexity index is 364. The summed E-state index contributed by atoms with van der Waals surface area (Å²) >= 11 is 0. The van der Waals surface area contributed by atoms with Crippen molar-refractivity contribution in [1.29, 1.82) is 0 Å². The van der Waals surface area contributed by atoms with Gasteiger partial charge in [0.15, 0.2) is 0 Å². The molecule has 2 N–H and O–H groups in total. The van der Waals surface area contributed by atoms with E-state index in [0.717, 1.165) is 12.8 Å². The second-order valence-corrected chi connectivity index (χ2v) is 5.32. The van der Waals surface area contributed by atoms with Crippen LogP contribution in [0.2, 0.25) is 0 Å². The van der Waals surface area contributed by atoms with E-state index in [4.69, 9.17) is 5.11 Å². The first-order valence-corrected chi connectivity index (χ1v) is 6.94. The molecule has 18 heavy (non-hydrogen) atoms. The van der Waals surface area contributed by atoms with Crippen LogP contribution in [0.5, 0.6) is 0 Å². The average Bonchev–Trinajstić information content (AvgIpc) is 2.26. The third-order valence-corrected chi connectivity index (χ3v) is 3.63. The molecule has 0 heterocycles. The minimum atomic E-state index is 0.254. The van der Waals surface area contributed by atoms with E-state index in [0.29, 0.717) is 12.1 Å². The Balaban J connectivity index is 2.86. The molecule has 0 aliphatic carbocycles. The van der Waals surface area contributed by atoms with Crippen molar-refractivity contribution >= 4 is 0 Å². The van der Waals surface area contributed by atoms with Crippen LogP contribution in [0.1, 0.15) is 55.0 Å². The van der Waals surface area contributed by atoms with Crippen molar-refractivity contribution in [3.8, 4) is 0 Å². The van der Waals surface area contributed by atoms with Crippen molar-refractivity contribution in [1.82, 2.24) is 5.32 Å². The lowest BCUT2D eigenvalue weighted by atomic mass is 9.94. The van der Waals surface area contributed by atoms with Gasteiger partial charge in [-0.15, -0.1) is 0 Å². The summed E-state index contributed by atoms with van der Waals surface area (Å²) in [5.41, 5.74) is 5.43. The lowest BCUT2D eigenvalue weighted by molar-refractivity contribution is 0.257. The number of rotatable bonds is 6. The fraction of sp³-hybridized carbons (Fsp3) is 0.625. The van der Waals surface area contributed by atoms with Gasteiger partial charge in [-0.3, -0.25) is 0 Å². The van der Waals surface area contributed by atoms with E-state index in [9.17, 15) is 0 Å². The van der Waals surface area contributed by atoms with Crippen LogP contribution in [-0.4, -0.2) is 17.8 Å². The topological polar surface area (TPSA) is 32.3 Å². The number of nitrogens with one attached hydrogen (secondary N) is 1. The lowest BCUT2D eigenvalue weighted by Gasteiger charge is -2.25. The van der Waals surface area contributed by atoms with Crippen LogP contribution in [-0.2, 0) is 0 Å². The Kier molecular flexibility index (Phi) is 5.83. The minimum Gasteiger partial charge on any atom is -0.396 e. The molecule has 0 saturated carbocycles. The van der Waals surface area contributed by atoms with Crippen molar-refractivity contribution in [2.45, 2.75) is 59.5 Å². The predicted molar refractivity (Wildman–Crippen MR) is 78.0 cm³/mol. The quantitative estimate of drug-likeness (QED) is 0.809. The average molecular weight is 249 g/mol. The number of hydrogen-bond donors (Lipinski definition) is 2. The largest absolute Gasteiger partial charge is 0.396 e. The molecule has 1 rings (SSSR count). The summed E-state index contributed by atoms with van der Waals surface area (Å²) in [7, 11) is 0. The fourth-order valence-corrected chi connectivity index (χ4v) is 2.87. The van der Waals surface area contributed by atoms with Crippen molar-refractivity contribution in [2.24, 2.45) is 0 Å².